The zero-order valence-electron chi connectivity index (χ0n) is 17.8. The van der Waals surface area contributed by atoms with E-state index < -0.39 is 41.2 Å². The molecule has 0 unspecified atom stereocenters. The topological polar surface area (TPSA) is 71.0 Å². The molecule has 0 atom stereocenters. The van der Waals surface area contributed by atoms with Gasteiger partial charge in [0.05, 0.1) is 0 Å². The molecule has 1 spiro atoms. The van der Waals surface area contributed by atoms with E-state index in [4.69, 9.17) is 0 Å². The van der Waals surface area contributed by atoms with E-state index in [0.29, 0.717) is 18.4 Å². The van der Waals surface area contributed by atoms with Gasteiger partial charge in [-0.2, -0.15) is 0 Å². The van der Waals surface area contributed by atoms with Crippen molar-refractivity contribution < 1.29 is 36.3 Å². The molecule has 0 bridgehead atoms. The van der Waals surface area contributed by atoms with E-state index in [1.165, 1.54) is 23.1 Å². The van der Waals surface area contributed by atoms with Crippen LogP contribution in [0.15, 0.2) is 47.5 Å². The first-order chi connectivity index (χ1) is 16.1. The van der Waals surface area contributed by atoms with Crippen LogP contribution in [0.25, 0.3) is 0 Å². The van der Waals surface area contributed by atoms with E-state index in [2.05, 4.69) is 15.0 Å². The molecule has 1 N–H and O–H groups in total. The summed E-state index contributed by atoms with van der Waals surface area (Å²) in [5, 5.41) is 2.45. The van der Waals surface area contributed by atoms with Crippen molar-refractivity contribution in [2.24, 2.45) is 4.99 Å². The number of rotatable bonds is 5. The fourth-order valence-corrected chi connectivity index (χ4v) is 4.27. The van der Waals surface area contributed by atoms with E-state index in [1.807, 2.05) is 0 Å². The molecular weight excluding hydrogens is 461 g/mol. The molecule has 1 heterocycles. The second kappa shape index (κ2) is 9.03. The second-order valence-corrected chi connectivity index (χ2v) is 8.14. The lowest BCUT2D eigenvalue weighted by Gasteiger charge is -2.38. The molecular formula is C23H20F5N3O3. The number of benzene rings is 2. The van der Waals surface area contributed by atoms with Crippen LogP contribution < -0.4 is 10.1 Å². The van der Waals surface area contributed by atoms with Crippen molar-refractivity contribution in [1.29, 1.82) is 0 Å². The fraction of sp³-hybridized carbons (Fsp3) is 0.348. The number of hydrogen-bond donors (Lipinski definition) is 1. The summed E-state index contributed by atoms with van der Waals surface area (Å²) in [4.78, 5) is 31.9. The molecule has 2 aromatic rings. The first-order valence-corrected chi connectivity index (χ1v) is 10.6. The Balaban J connectivity index is 1.55. The molecule has 2 amide bonds. The van der Waals surface area contributed by atoms with Crippen LogP contribution in [-0.4, -0.2) is 41.0 Å². The predicted octanol–water partition coefficient (Wildman–Crippen LogP) is 4.79. The first-order valence-electron chi connectivity index (χ1n) is 10.6. The number of alkyl halides is 3. The van der Waals surface area contributed by atoms with E-state index in [0.717, 1.165) is 43.5 Å². The van der Waals surface area contributed by atoms with Gasteiger partial charge in [0.25, 0.3) is 5.91 Å². The molecule has 1 aliphatic carbocycles. The molecule has 180 valence electrons. The number of carbonyl (C=O) groups is 2. The maximum atomic E-state index is 13.5. The summed E-state index contributed by atoms with van der Waals surface area (Å²) < 4.78 is 67.8. The van der Waals surface area contributed by atoms with Gasteiger partial charge >= 0.3 is 6.36 Å². The number of amides is 2. The van der Waals surface area contributed by atoms with E-state index in [-0.39, 0.29) is 17.9 Å². The van der Waals surface area contributed by atoms with Gasteiger partial charge in [-0.1, -0.05) is 6.42 Å². The summed E-state index contributed by atoms with van der Waals surface area (Å²) in [7, 11) is 0. The van der Waals surface area contributed by atoms with Gasteiger partial charge in [0.15, 0.2) is 11.6 Å². The minimum absolute atomic E-state index is 0.0367. The number of aliphatic imine (C=N–C) groups is 1. The van der Waals surface area contributed by atoms with Crippen molar-refractivity contribution in [2.75, 3.05) is 11.9 Å². The number of anilines is 1. The molecule has 1 aliphatic heterocycles. The molecule has 0 aromatic heterocycles. The Morgan fingerprint density at radius 1 is 1.03 bits per heavy atom. The fourth-order valence-electron chi connectivity index (χ4n) is 4.27. The van der Waals surface area contributed by atoms with Crippen LogP contribution in [0.4, 0.5) is 27.6 Å². The van der Waals surface area contributed by atoms with Gasteiger partial charge in [-0.25, -0.2) is 8.78 Å². The van der Waals surface area contributed by atoms with Crippen LogP contribution in [0.2, 0.25) is 0 Å². The molecule has 0 saturated heterocycles. The van der Waals surface area contributed by atoms with Gasteiger partial charge in [-0.05, 0) is 62.1 Å². The molecule has 1 saturated carbocycles. The van der Waals surface area contributed by atoms with Crippen LogP contribution in [0.3, 0.4) is 0 Å². The highest BCUT2D eigenvalue weighted by atomic mass is 19.4. The number of hydrogen-bond acceptors (Lipinski definition) is 4. The van der Waals surface area contributed by atoms with Crippen LogP contribution in [0, 0.1) is 11.6 Å². The third kappa shape index (κ3) is 5.02. The first kappa shape index (κ1) is 23.7. The van der Waals surface area contributed by atoms with E-state index >= 15 is 0 Å². The summed E-state index contributed by atoms with van der Waals surface area (Å²) >= 11 is 0. The third-order valence-electron chi connectivity index (χ3n) is 5.79. The molecule has 11 heteroatoms. The van der Waals surface area contributed by atoms with Crippen molar-refractivity contribution in [2.45, 2.75) is 44.1 Å². The molecule has 6 nitrogen and oxygen atoms in total. The molecule has 1 fully saturated rings. The Morgan fingerprint density at radius 3 is 2.32 bits per heavy atom. The largest absolute Gasteiger partial charge is 0.573 e. The molecule has 0 radical (unpaired) electrons. The zero-order valence-corrected chi connectivity index (χ0v) is 17.8. The minimum Gasteiger partial charge on any atom is -0.406 e. The van der Waals surface area contributed by atoms with Crippen LogP contribution in [-0.2, 0) is 9.59 Å². The minimum atomic E-state index is -4.84. The third-order valence-corrected chi connectivity index (χ3v) is 5.79. The Bertz CT molecular complexity index is 1130. The average molecular weight is 481 g/mol. The van der Waals surface area contributed by atoms with Gasteiger partial charge in [0.2, 0.25) is 5.91 Å². The SMILES string of the molecule is O=C(CN1C(=O)C(c2ccc(OC(F)(F)F)cc2)=NC12CCCCC2)Nc1ccc(F)c(F)c1. The summed E-state index contributed by atoms with van der Waals surface area (Å²) in [5.41, 5.74) is -0.569. The number of halogens is 5. The molecule has 2 aliphatic rings. The summed E-state index contributed by atoms with van der Waals surface area (Å²) in [5.74, 6) is -3.76. The van der Waals surface area contributed by atoms with Crippen LogP contribution >= 0.6 is 0 Å². The highest BCUT2D eigenvalue weighted by molar-refractivity contribution is 6.47. The lowest BCUT2D eigenvalue weighted by atomic mass is 9.88. The quantitative estimate of drug-likeness (QED) is 0.625. The van der Waals surface area contributed by atoms with Crippen LogP contribution in [0.1, 0.15) is 37.7 Å². The summed E-state index contributed by atoms with van der Waals surface area (Å²) in [6.07, 6.45) is -1.29. The Kier molecular flexibility index (Phi) is 6.28. The highest BCUT2D eigenvalue weighted by Gasteiger charge is 2.48. The number of carbonyl (C=O) groups excluding carboxylic acids is 2. The predicted molar refractivity (Wildman–Crippen MR) is 112 cm³/mol. The van der Waals surface area contributed by atoms with Gasteiger partial charge in [-0.15, -0.1) is 13.2 Å². The van der Waals surface area contributed by atoms with Gasteiger partial charge in [0, 0.05) is 17.3 Å². The monoisotopic (exact) mass is 481 g/mol. The van der Waals surface area contributed by atoms with Crippen molar-refractivity contribution in [1.82, 2.24) is 4.90 Å². The standard InChI is InChI=1S/C23H20F5N3O3/c24-17-9-6-15(12-18(17)25)29-19(32)13-31-21(33)20(30-22(31)10-2-1-3-11-22)14-4-7-16(8-5-14)34-23(26,27)28/h4-9,12H,1-3,10-11,13H2,(H,29,32). The summed E-state index contributed by atoms with van der Waals surface area (Å²) in [6, 6.07) is 7.70. The highest BCUT2D eigenvalue weighted by Crippen LogP contribution is 2.39. The molecule has 4 rings (SSSR count). The average Bonchev–Trinajstić information content (AvgIpc) is 3.02. The van der Waals surface area contributed by atoms with Crippen LogP contribution in [0.5, 0.6) is 5.75 Å². The zero-order chi connectivity index (χ0) is 24.5. The van der Waals surface area contributed by atoms with Gasteiger partial charge in [-0.3, -0.25) is 14.6 Å². The van der Waals surface area contributed by atoms with E-state index in [9.17, 15) is 31.5 Å². The number of ether oxygens (including phenoxy) is 1. The van der Waals surface area contributed by atoms with Crippen molar-refractivity contribution in [3.8, 4) is 5.75 Å². The second-order valence-electron chi connectivity index (χ2n) is 8.14. The van der Waals surface area contributed by atoms with Gasteiger partial charge in [0.1, 0.15) is 23.7 Å². The maximum Gasteiger partial charge on any atom is 0.573 e. The number of nitrogens with one attached hydrogen (secondary N) is 1. The Hall–Kier alpha value is -3.50. The smallest absolute Gasteiger partial charge is 0.406 e. The lowest BCUT2D eigenvalue weighted by Crippen LogP contribution is -2.51. The normalized spacial score (nSPS) is 17.6. The lowest BCUT2D eigenvalue weighted by molar-refractivity contribution is -0.274. The molecule has 34 heavy (non-hydrogen) atoms. The van der Waals surface area contributed by atoms with Crippen molar-refractivity contribution in [3.63, 3.8) is 0 Å². The summed E-state index contributed by atoms with van der Waals surface area (Å²) in [6.45, 7) is -0.375. The maximum absolute atomic E-state index is 13.5. The van der Waals surface area contributed by atoms with Gasteiger partial charge < -0.3 is 15.0 Å². The Labute approximate surface area is 191 Å². The van der Waals surface area contributed by atoms with Crippen molar-refractivity contribution >= 4 is 23.2 Å². The van der Waals surface area contributed by atoms with Crippen molar-refractivity contribution in [3.05, 3.63) is 59.7 Å². The van der Waals surface area contributed by atoms with E-state index in [1.54, 1.807) is 0 Å². The molecule has 2 aromatic carbocycles. The Morgan fingerprint density at radius 2 is 1.71 bits per heavy atom. The number of nitrogens with zero attached hydrogens (tertiary/aromatic N) is 2.